The van der Waals surface area contributed by atoms with Crippen LogP contribution in [0.3, 0.4) is 0 Å². The Morgan fingerprint density at radius 1 is 1.64 bits per heavy atom. The van der Waals surface area contributed by atoms with E-state index in [1.165, 1.54) is 0 Å². The lowest BCUT2D eigenvalue weighted by Gasteiger charge is -2.22. The van der Waals surface area contributed by atoms with Crippen molar-refractivity contribution >= 4 is 30.1 Å². The molecule has 1 aromatic heterocycles. The van der Waals surface area contributed by atoms with Gasteiger partial charge in [-0.3, -0.25) is 9.48 Å². The van der Waals surface area contributed by atoms with E-state index in [9.17, 15) is 4.79 Å². The maximum absolute atomic E-state index is 12.2. The van der Waals surface area contributed by atoms with E-state index in [4.69, 9.17) is 0 Å². The van der Waals surface area contributed by atoms with Gasteiger partial charge in [0.05, 0.1) is 6.04 Å². The smallest absolute Gasteiger partial charge is 0.271 e. The van der Waals surface area contributed by atoms with Gasteiger partial charge in [-0.15, -0.1) is 12.4 Å². The summed E-state index contributed by atoms with van der Waals surface area (Å²) in [6.07, 6.45) is 5.21. The number of aromatic nitrogens is 2. The topological polar surface area (TPSA) is 59.0 Å². The predicted octanol–water partition coefficient (Wildman–Crippen LogP) is 2.49. The van der Waals surface area contributed by atoms with Gasteiger partial charge in [0, 0.05) is 18.8 Å². The fraction of sp³-hybridized carbons (Fsp3) is 0.733. The molecule has 1 aliphatic rings. The van der Waals surface area contributed by atoms with Gasteiger partial charge in [-0.1, -0.05) is 6.92 Å². The Morgan fingerprint density at radius 3 is 3.14 bits per heavy atom. The maximum atomic E-state index is 12.2. The molecule has 1 fully saturated rings. The number of nitrogens with one attached hydrogen (secondary N) is 2. The fourth-order valence-electron chi connectivity index (χ4n) is 2.50. The number of rotatable bonds is 7. The lowest BCUT2D eigenvalue weighted by atomic mass is 10.1. The van der Waals surface area contributed by atoms with E-state index < -0.39 is 0 Å². The Morgan fingerprint density at radius 2 is 2.45 bits per heavy atom. The van der Waals surface area contributed by atoms with Gasteiger partial charge in [0.15, 0.2) is 0 Å². The highest BCUT2D eigenvalue weighted by Crippen LogP contribution is 2.15. The van der Waals surface area contributed by atoms with Crippen LogP contribution in [-0.2, 0) is 0 Å². The molecule has 0 bridgehead atoms. The monoisotopic (exact) mass is 346 g/mol. The minimum Gasteiger partial charge on any atom is -0.348 e. The van der Waals surface area contributed by atoms with Crippen LogP contribution in [0, 0.1) is 0 Å². The third kappa shape index (κ3) is 5.82. The fourth-order valence-corrected chi connectivity index (χ4v) is 3.30. The van der Waals surface area contributed by atoms with Gasteiger partial charge in [-0.25, -0.2) is 0 Å². The first-order chi connectivity index (χ1) is 10.2. The summed E-state index contributed by atoms with van der Waals surface area (Å²) >= 11 is 1.90. The number of carbonyl (C=O) groups excluding carboxylic acids is 1. The predicted molar refractivity (Wildman–Crippen MR) is 95.2 cm³/mol. The molecule has 2 N–H and O–H groups in total. The van der Waals surface area contributed by atoms with E-state index in [1.54, 1.807) is 0 Å². The summed E-state index contributed by atoms with van der Waals surface area (Å²) in [5.41, 5.74) is 0.524. The van der Waals surface area contributed by atoms with Crippen molar-refractivity contribution < 1.29 is 4.79 Å². The first-order valence-electron chi connectivity index (χ1n) is 7.85. The average Bonchev–Trinajstić information content (AvgIpc) is 2.98. The van der Waals surface area contributed by atoms with Crippen molar-refractivity contribution in [3.05, 3.63) is 18.0 Å². The number of piperidine rings is 1. The minimum atomic E-state index is -0.0634. The number of amides is 1. The Kier molecular flexibility index (Phi) is 8.90. The number of thioether (sulfide) groups is 1. The van der Waals surface area contributed by atoms with Crippen LogP contribution in [0.1, 0.15) is 49.6 Å². The Labute approximate surface area is 143 Å². The summed E-state index contributed by atoms with van der Waals surface area (Å²) < 4.78 is 1.93. The van der Waals surface area contributed by atoms with Gasteiger partial charge < -0.3 is 10.6 Å². The number of carbonyl (C=O) groups is 1. The Balaban J connectivity index is 0.00000242. The first-order valence-corrected chi connectivity index (χ1v) is 9.00. The largest absolute Gasteiger partial charge is 0.348 e. The first kappa shape index (κ1) is 19.3. The Bertz CT molecular complexity index is 449. The summed E-state index contributed by atoms with van der Waals surface area (Å²) in [7, 11) is 0. The molecule has 0 spiro atoms. The van der Waals surface area contributed by atoms with Crippen LogP contribution in [0.2, 0.25) is 0 Å². The second-order valence-corrected chi connectivity index (χ2v) is 6.94. The van der Waals surface area contributed by atoms with E-state index >= 15 is 0 Å². The molecule has 22 heavy (non-hydrogen) atoms. The molecule has 5 nitrogen and oxygen atoms in total. The molecule has 1 amide bonds. The molecule has 2 heterocycles. The van der Waals surface area contributed by atoms with Crippen LogP contribution in [-0.4, -0.2) is 46.3 Å². The summed E-state index contributed by atoms with van der Waals surface area (Å²) in [4.78, 5) is 12.2. The zero-order valence-electron chi connectivity index (χ0n) is 13.4. The van der Waals surface area contributed by atoms with Crippen LogP contribution in [0.5, 0.6) is 0 Å². The molecule has 126 valence electrons. The van der Waals surface area contributed by atoms with Gasteiger partial charge in [0.2, 0.25) is 0 Å². The molecule has 0 aliphatic carbocycles. The van der Waals surface area contributed by atoms with Crippen LogP contribution in [0.4, 0.5) is 0 Å². The summed E-state index contributed by atoms with van der Waals surface area (Å²) in [5.74, 6) is 2.15. The lowest BCUT2D eigenvalue weighted by Crippen LogP contribution is -2.34. The average molecular weight is 347 g/mol. The molecule has 7 heteroatoms. The van der Waals surface area contributed by atoms with Crippen LogP contribution < -0.4 is 10.6 Å². The van der Waals surface area contributed by atoms with Gasteiger partial charge >= 0.3 is 0 Å². The molecule has 0 aromatic carbocycles. The van der Waals surface area contributed by atoms with Crippen LogP contribution in [0.25, 0.3) is 0 Å². The second-order valence-electron chi connectivity index (χ2n) is 5.54. The zero-order valence-corrected chi connectivity index (χ0v) is 15.0. The van der Waals surface area contributed by atoms with E-state index in [1.807, 2.05) is 28.7 Å². The SMILES string of the molecule is CCSCCC(C)NC(=O)c1ccn(C2CCCNC2)n1.Cl. The van der Waals surface area contributed by atoms with Crippen LogP contribution in [0.15, 0.2) is 12.3 Å². The van der Waals surface area contributed by atoms with Crippen molar-refractivity contribution in [2.75, 3.05) is 24.6 Å². The molecule has 1 aromatic rings. The van der Waals surface area contributed by atoms with Crippen molar-refractivity contribution in [1.82, 2.24) is 20.4 Å². The minimum absolute atomic E-state index is 0. The number of halogens is 1. The summed E-state index contributed by atoms with van der Waals surface area (Å²) in [6.45, 7) is 6.22. The molecule has 2 atom stereocenters. The second kappa shape index (κ2) is 10.1. The summed E-state index contributed by atoms with van der Waals surface area (Å²) in [6, 6.07) is 2.38. The van der Waals surface area contributed by atoms with Gasteiger partial charge in [0.1, 0.15) is 5.69 Å². The Hall–Kier alpha value is -0.720. The lowest BCUT2D eigenvalue weighted by molar-refractivity contribution is 0.0933. The van der Waals surface area contributed by atoms with Crippen molar-refractivity contribution in [2.24, 2.45) is 0 Å². The number of hydrogen-bond acceptors (Lipinski definition) is 4. The molecule has 1 saturated heterocycles. The highest BCUT2D eigenvalue weighted by Gasteiger charge is 2.18. The third-order valence-corrected chi connectivity index (χ3v) is 4.70. The van der Waals surface area contributed by atoms with Crippen molar-refractivity contribution in [3.63, 3.8) is 0 Å². The number of hydrogen-bond donors (Lipinski definition) is 2. The van der Waals surface area contributed by atoms with E-state index in [2.05, 4.69) is 29.6 Å². The standard InChI is InChI=1S/C15H26N4OS.ClH/c1-3-21-10-7-12(2)17-15(20)14-6-9-19(18-14)13-5-4-8-16-11-13;/h6,9,12-13,16H,3-5,7-8,10-11H2,1-2H3,(H,17,20);1H. The van der Waals surface area contributed by atoms with E-state index in [0.29, 0.717) is 11.7 Å². The molecular formula is C15H27ClN4OS. The highest BCUT2D eigenvalue weighted by atomic mass is 35.5. The molecule has 1 aliphatic heterocycles. The van der Waals surface area contributed by atoms with Gasteiger partial charge in [-0.05, 0) is 50.3 Å². The molecule has 2 unspecified atom stereocenters. The molecule has 0 radical (unpaired) electrons. The van der Waals surface area contributed by atoms with E-state index in [0.717, 1.165) is 43.9 Å². The molecule has 0 saturated carbocycles. The van der Waals surface area contributed by atoms with E-state index in [-0.39, 0.29) is 24.4 Å². The van der Waals surface area contributed by atoms with Gasteiger partial charge in [0.25, 0.3) is 5.91 Å². The molecular weight excluding hydrogens is 320 g/mol. The normalized spacial score (nSPS) is 19.3. The quantitative estimate of drug-likeness (QED) is 0.745. The third-order valence-electron chi connectivity index (χ3n) is 3.76. The maximum Gasteiger partial charge on any atom is 0.271 e. The number of nitrogens with zero attached hydrogens (tertiary/aromatic N) is 2. The zero-order chi connectivity index (χ0) is 15.1. The van der Waals surface area contributed by atoms with Crippen molar-refractivity contribution in [2.45, 2.75) is 45.2 Å². The van der Waals surface area contributed by atoms with Crippen LogP contribution >= 0.6 is 24.2 Å². The van der Waals surface area contributed by atoms with Crippen molar-refractivity contribution in [3.8, 4) is 0 Å². The summed E-state index contributed by atoms with van der Waals surface area (Å²) in [5, 5.41) is 10.8. The van der Waals surface area contributed by atoms with Gasteiger partial charge in [-0.2, -0.15) is 16.9 Å². The van der Waals surface area contributed by atoms with Crippen molar-refractivity contribution in [1.29, 1.82) is 0 Å². The molecule has 2 rings (SSSR count). The highest BCUT2D eigenvalue weighted by molar-refractivity contribution is 7.99.